The number of hydrogen-bond acceptors (Lipinski definition) is 10. The van der Waals surface area contributed by atoms with Crippen LogP contribution in [0.2, 0.25) is 0 Å². The van der Waals surface area contributed by atoms with Crippen molar-refractivity contribution in [3.05, 3.63) is 337 Å². The molecule has 12 aromatic carbocycles. The molecule has 135 heavy (non-hydrogen) atoms. The van der Waals surface area contributed by atoms with Crippen molar-refractivity contribution in [2.75, 3.05) is 35.2 Å². The molecule has 10 nitrogen and oxygen atoms in total. The Hall–Kier alpha value is -3.60. The van der Waals surface area contributed by atoms with Crippen LogP contribution in [0.3, 0.4) is 0 Å². The SMILES string of the molecule is CN=Cc1cc(F)ccc1Pc1cc(C(C)(C)C)cc(C(C)(C)C)c1O.CN=Cc1cc(F)ccc1Pc1cc(C(C)(C)C)cc(C)c1O.CN=Cc1cc(F)ccc1Pc1cc(C)cc(C(C)(C)C)c1O.CN=Cc1ccccc1Pc1cc(Cc2ccccc2)ccc1O.CN=Cc1ccccc1Pc1cccc(Cc2ccccc2)c1O.[Cl][Ti][Cl].[Cl][Ti][Cl].[Cl][Ti][Cl].[Cl][Ti][Cl].[Cl][Ti][Cl]. The van der Waals surface area contributed by atoms with Gasteiger partial charge in [-0.25, -0.2) is 13.2 Å². The van der Waals surface area contributed by atoms with Crippen LogP contribution in [0, 0.1) is 31.3 Å². The number of phenols is 5. The summed E-state index contributed by atoms with van der Waals surface area (Å²) in [7, 11) is 59.0. The van der Waals surface area contributed by atoms with Gasteiger partial charge in [0.25, 0.3) is 0 Å². The standard InChI is InChI=1S/C22H29FNOP.2C21H20NOP.2C19H23FNOP.10ClH.5Ti/c1-21(2,3)15-11-17(22(4,5)6)20(25)19(12-15)26-18-9-8-16(23)10-14(18)13-24-7;1-22-15-18-10-5-6-12-19(18)24-20-13-7-11-17(21(20)23)14-16-8-3-2-4-9-16;1-22-15-18-9-5-6-10-20(18)24-21-14-17(11-12-19(21)23)13-16-7-3-2-4-8-16;1-12-8-14(19(2,3)4)10-17(18(12)22)23-16-7-6-15(20)9-13(16)11-21-5;1-12-8-15(19(2,3)4)18(22)17(9-12)23-16-7-6-14(20)10-13(16)11-21-5;;;;;;;;;;;;;;;/h8-13,25-26H,1-7H3;2-13,15,23-24H,14H2,1H3;2-12,14-15,23-24H,13H2,1H3;2*6-11,22-23H,1-5H3;10*1H;;;;;/q;;;;;;;;;;;;;;;5*+2/p-10. The van der Waals surface area contributed by atoms with Gasteiger partial charge in [0.2, 0.25) is 0 Å². The Morgan fingerprint density at radius 1 is 0.281 bits per heavy atom. The fraction of sp³-hybridized carbons (Fsp3) is 0.245. The van der Waals surface area contributed by atoms with Crippen molar-refractivity contribution in [3.63, 3.8) is 0 Å². The first-order chi connectivity index (χ1) is 64.0. The Balaban J connectivity index is 0.000000418. The quantitative estimate of drug-likeness (QED) is 0.0309. The van der Waals surface area contributed by atoms with Gasteiger partial charge in [-0.2, -0.15) is 0 Å². The maximum atomic E-state index is 13.6. The summed E-state index contributed by atoms with van der Waals surface area (Å²) in [6.07, 6.45) is 10.3. The van der Waals surface area contributed by atoms with Crippen LogP contribution in [-0.4, -0.2) is 91.8 Å². The number of para-hydroxylation sites is 1. The van der Waals surface area contributed by atoms with E-state index in [1.807, 2.05) is 117 Å². The number of halogens is 13. The number of rotatable bonds is 19. The molecular formula is C102H115Cl10F3N5O5P5Ti5. The van der Waals surface area contributed by atoms with E-state index in [4.69, 9.17) is 93.0 Å². The number of benzene rings is 12. The van der Waals surface area contributed by atoms with Gasteiger partial charge in [0.15, 0.2) is 0 Å². The third-order valence-electron chi connectivity index (χ3n) is 19.3. The minimum absolute atomic E-state index is 0.00813. The van der Waals surface area contributed by atoms with Gasteiger partial charge >= 0.3 is 178 Å². The topological polar surface area (TPSA) is 163 Å². The van der Waals surface area contributed by atoms with Crippen LogP contribution >= 0.6 is 136 Å². The number of aryl methyl sites for hydroxylation is 2. The second-order valence-corrected chi connectivity index (χ2v) is 53.1. The van der Waals surface area contributed by atoms with Gasteiger partial charge < -0.3 is 25.5 Å². The van der Waals surface area contributed by atoms with Crippen molar-refractivity contribution >= 4 is 220 Å². The first-order valence-electron chi connectivity index (χ1n) is 41.6. The molecule has 12 rings (SSSR count). The van der Waals surface area contributed by atoms with Crippen LogP contribution < -0.4 is 53.0 Å². The Morgan fingerprint density at radius 3 is 0.985 bits per heavy atom. The second-order valence-electron chi connectivity index (χ2n) is 33.6. The maximum absolute atomic E-state index is 13.6. The molecule has 0 aromatic heterocycles. The van der Waals surface area contributed by atoms with Crippen molar-refractivity contribution in [3.8, 4) is 28.7 Å². The molecular weight excluding hydrogens is 2180 g/mol. The van der Waals surface area contributed by atoms with Gasteiger partial charge in [-0.3, -0.25) is 25.0 Å². The molecule has 0 aliphatic carbocycles. The van der Waals surface area contributed by atoms with Crippen LogP contribution in [0.1, 0.15) is 167 Å². The summed E-state index contributed by atoms with van der Waals surface area (Å²) in [6, 6.07) is 75.4. The molecule has 714 valence electrons. The molecule has 0 heterocycles. The minimum atomic E-state index is -0.556. The molecule has 0 aliphatic heterocycles. The average Bonchev–Trinajstić information content (AvgIpc) is 0.779. The normalized spacial score (nSPS) is 11.5. The summed E-state index contributed by atoms with van der Waals surface area (Å²) < 4.78 is 40.6. The Morgan fingerprint density at radius 2 is 0.600 bits per heavy atom. The monoisotopic (exact) mass is 2290 g/mol. The van der Waals surface area contributed by atoms with Gasteiger partial charge in [0.05, 0.1) is 0 Å². The average molecular weight is 2300 g/mol. The van der Waals surface area contributed by atoms with Crippen molar-refractivity contribution in [2.24, 2.45) is 25.0 Å². The van der Waals surface area contributed by atoms with Gasteiger partial charge in [-0.05, 0) is 191 Å². The van der Waals surface area contributed by atoms with Crippen molar-refractivity contribution in [1.82, 2.24) is 0 Å². The summed E-state index contributed by atoms with van der Waals surface area (Å²) in [6.45, 7) is 29.5. The molecule has 5 N–H and O–H groups in total. The molecule has 12 aromatic rings. The van der Waals surface area contributed by atoms with E-state index >= 15 is 0 Å². The van der Waals surface area contributed by atoms with E-state index in [0.717, 1.165) is 111 Å². The molecule has 0 fully saturated rings. The fourth-order valence-electron chi connectivity index (χ4n) is 12.9. The van der Waals surface area contributed by atoms with E-state index in [1.165, 1.54) is 74.8 Å². The molecule has 5 unspecified atom stereocenters. The van der Waals surface area contributed by atoms with Crippen LogP contribution in [0.15, 0.2) is 262 Å². The van der Waals surface area contributed by atoms with Crippen LogP contribution in [0.25, 0.3) is 0 Å². The number of phenolic OH excluding ortho intramolecular Hbond substituents is 5. The number of aromatic hydroxyl groups is 5. The first-order valence-corrected chi connectivity index (χ1v) is 68.1. The predicted molar refractivity (Wildman–Crippen MR) is 579 cm³/mol. The Bertz CT molecular complexity index is 5660. The zero-order valence-electron chi connectivity index (χ0n) is 78.7. The third-order valence-corrected chi connectivity index (χ3v) is 26.2. The molecule has 0 aliphatic rings. The number of nitrogens with zero attached hydrogens (tertiary/aromatic N) is 5. The zero-order valence-corrected chi connectivity index (χ0v) is 99.1. The fourth-order valence-corrected chi connectivity index (χ4v) is 19.1. The Kier molecular flexibility index (Phi) is 62.4. The molecule has 0 saturated heterocycles. The summed E-state index contributed by atoms with van der Waals surface area (Å²) in [5.74, 6) is 0.917. The van der Waals surface area contributed by atoms with E-state index in [9.17, 15) is 38.7 Å². The van der Waals surface area contributed by atoms with Gasteiger partial charge in [0.1, 0.15) is 46.2 Å². The molecule has 0 amide bonds. The molecule has 0 saturated carbocycles. The second kappa shape index (κ2) is 67.1. The number of hydrogen-bond donors (Lipinski definition) is 5. The van der Waals surface area contributed by atoms with Gasteiger partial charge in [-0.15, -0.1) is 0 Å². The van der Waals surface area contributed by atoms with Gasteiger partial charge in [-0.1, -0.05) is 296 Å². The first kappa shape index (κ1) is 126. The van der Waals surface area contributed by atoms with E-state index in [-0.39, 0.29) is 64.9 Å². The molecule has 0 bridgehead atoms. The molecule has 0 radical (unpaired) electrons. The zero-order chi connectivity index (χ0) is 101. The molecule has 33 heteroatoms. The van der Waals surface area contributed by atoms with E-state index in [0.29, 0.717) is 45.9 Å². The van der Waals surface area contributed by atoms with E-state index < -0.39 is 85.2 Å². The van der Waals surface area contributed by atoms with E-state index in [1.54, 1.807) is 78.1 Å². The number of aliphatic imine (C=N–C) groups is 5. The van der Waals surface area contributed by atoms with E-state index in [2.05, 4.69) is 193 Å². The predicted octanol–water partition coefficient (Wildman–Crippen LogP) is 26.6. The van der Waals surface area contributed by atoms with Gasteiger partial charge in [0, 0.05) is 127 Å². The molecule has 5 atom stereocenters. The van der Waals surface area contributed by atoms with Crippen LogP contribution in [-0.2, 0) is 120 Å². The Labute approximate surface area is 891 Å². The van der Waals surface area contributed by atoms with Crippen molar-refractivity contribution < 1.29 is 124 Å². The van der Waals surface area contributed by atoms with Crippen LogP contribution in [0.4, 0.5) is 13.2 Å². The summed E-state index contributed by atoms with van der Waals surface area (Å²) in [4.78, 5) is 20.3. The van der Waals surface area contributed by atoms with Crippen molar-refractivity contribution in [2.45, 2.75) is 131 Å². The van der Waals surface area contributed by atoms with Crippen molar-refractivity contribution in [1.29, 1.82) is 0 Å². The summed E-state index contributed by atoms with van der Waals surface area (Å²) in [5.41, 5.74) is 15.0. The summed E-state index contributed by atoms with van der Waals surface area (Å²) >= 11 is -2.78. The third kappa shape index (κ3) is 46.3. The molecule has 0 spiro atoms. The van der Waals surface area contributed by atoms with Crippen LogP contribution in [0.5, 0.6) is 28.7 Å². The summed E-state index contributed by atoms with van der Waals surface area (Å²) in [5, 5.41) is 62.9.